The zero-order valence-electron chi connectivity index (χ0n) is 15.5. The third-order valence-corrected chi connectivity index (χ3v) is 4.57. The Hall–Kier alpha value is -3.61. The summed E-state index contributed by atoms with van der Waals surface area (Å²) in [6.45, 7) is 2.25. The van der Waals surface area contributed by atoms with Gasteiger partial charge in [0.2, 0.25) is 5.78 Å². The number of hydrogen-bond acceptors (Lipinski definition) is 6. The molecule has 1 heterocycles. The van der Waals surface area contributed by atoms with Crippen molar-refractivity contribution in [1.29, 1.82) is 10.5 Å². The molecule has 2 aromatic carbocycles. The number of nitrogens with zero attached hydrogens (tertiary/aromatic N) is 3. The number of ether oxygens (including phenoxy) is 1. The van der Waals surface area contributed by atoms with Crippen LogP contribution in [0.25, 0.3) is 6.08 Å². The molecule has 0 fully saturated rings. The van der Waals surface area contributed by atoms with E-state index in [0.29, 0.717) is 11.1 Å². The zero-order valence-corrected chi connectivity index (χ0v) is 15.5. The Kier molecular flexibility index (Phi) is 5.74. The number of nitriles is 2. The van der Waals surface area contributed by atoms with Crippen molar-refractivity contribution in [2.75, 3.05) is 13.1 Å². The van der Waals surface area contributed by atoms with Gasteiger partial charge in [-0.3, -0.25) is 9.69 Å². The summed E-state index contributed by atoms with van der Waals surface area (Å²) in [6.07, 6.45) is 2.60. The molecule has 1 aliphatic rings. The SMILES string of the molecule is CCc1ccc(/C=C2/Oc3c(ccc(O)c3CN(CC#N)CC#N)C2=O)cc1. The van der Waals surface area contributed by atoms with Gasteiger partial charge in [-0.2, -0.15) is 10.5 Å². The highest BCUT2D eigenvalue weighted by atomic mass is 16.5. The van der Waals surface area contributed by atoms with E-state index in [-0.39, 0.29) is 42.7 Å². The average molecular weight is 373 g/mol. The van der Waals surface area contributed by atoms with Gasteiger partial charge in [-0.25, -0.2) is 0 Å². The molecule has 0 saturated heterocycles. The Morgan fingerprint density at radius 2 is 1.79 bits per heavy atom. The second kappa shape index (κ2) is 8.39. The Morgan fingerprint density at radius 3 is 2.39 bits per heavy atom. The number of aryl methyl sites for hydroxylation is 1. The first-order chi connectivity index (χ1) is 13.6. The van der Waals surface area contributed by atoms with Gasteiger partial charge < -0.3 is 9.84 Å². The Bertz CT molecular complexity index is 995. The predicted molar refractivity (Wildman–Crippen MR) is 103 cm³/mol. The summed E-state index contributed by atoms with van der Waals surface area (Å²) in [6, 6.07) is 14.8. The lowest BCUT2D eigenvalue weighted by molar-refractivity contribution is 0.101. The van der Waals surface area contributed by atoms with Crippen LogP contribution in [0.3, 0.4) is 0 Å². The Labute approximate surface area is 163 Å². The summed E-state index contributed by atoms with van der Waals surface area (Å²) in [4.78, 5) is 14.3. The highest BCUT2D eigenvalue weighted by Crippen LogP contribution is 2.40. The number of rotatable bonds is 6. The van der Waals surface area contributed by atoms with Gasteiger partial charge in [-0.05, 0) is 35.8 Å². The van der Waals surface area contributed by atoms with Crippen LogP contribution in [0.5, 0.6) is 11.5 Å². The van der Waals surface area contributed by atoms with Crippen LogP contribution in [0.1, 0.15) is 34.0 Å². The van der Waals surface area contributed by atoms with Crippen molar-refractivity contribution in [2.45, 2.75) is 19.9 Å². The standard InChI is InChI=1S/C22H19N3O3/c1-2-15-3-5-16(6-4-15)13-20-21(27)17-7-8-19(26)18(22(17)28-20)14-25(11-9-23)12-10-24/h3-8,13,26H,2,11-12,14H2,1H3/b20-13+. The number of phenolic OH excluding ortho intramolecular Hbond substituents is 1. The van der Waals surface area contributed by atoms with Crippen molar-refractivity contribution in [1.82, 2.24) is 4.90 Å². The number of hydrogen-bond donors (Lipinski definition) is 1. The monoisotopic (exact) mass is 373 g/mol. The van der Waals surface area contributed by atoms with E-state index in [0.717, 1.165) is 12.0 Å². The fraction of sp³-hybridized carbons (Fsp3) is 0.227. The molecule has 28 heavy (non-hydrogen) atoms. The van der Waals surface area contributed by atoms with E-state index >= 15 is 0 Å². The minimum Gasteiger partial charge on any atom is -0.507 e. The molecule has 0 amide bonds. The number of aromatic hydroxyl groups is 1. The zero-order chi connectivity index (χ0) is 20.1. The minimum absolute atomic E-state index is 0.0249. The van der Waals surface area contributed by atoms with Crippen molar-refractivity contribution < 1.29 is 14.6 Å². The molecule has 1 aliphatic heterocycles. The summed E-state index contributed by atoms with van der Waals surface area (Å²) in [5.74, 6) is 0.157. The Balaban J connectivity index is 1.93. The van der Waals surface area contributed by atoms with E-state index in [9.17, 15) is 9.90 Å². The third kappa shape index (κ3) is 3.88. The smallest absolute Gasteiger partial charge is 0.231 e. The maximum atomic E-state index is 12.7. The van der Waals surface area contributed by atoms with E-state index in [1.54, 1.807) is 11.0 Å². The summed E-state index contributed by atoms with van der Waals surface area (Å²) in [5, 5.41) is 28.1. The molecule has 3 rings (SSSR count). The molecule has 1 N–H and O–H groups in total. The van der Waals surface area contributed by atoms with Crippen molar-refractivity contribution in [3.05, 3.63) is 64.4 Å². The van der Waals surface area contributed by atoms with Crippen molar-refractivity contribution >= 4 is 11.9 Å². The van der Waals surface area contributed by atoms with Crippen LogP contribution in [-0.4, -0.2) is 28.9 Å². The van der Waals surface area contributed by atoms with Crippen molar-refractivity contribution in [3.8, 4) is 23.6 Å². The van der Waals surface area contributed by atoms with Crippen LogP contribution in [0.15, 0.2) is 42.2 Å². The van der Waals surface area contributed by atoms with Crippen molar-refractivity contribution in [2.24, 2.45) is 0 Å². The molecule has 0 aromatic heterocycles. The summed E-state index contributed by atoms with van der Waals surface area (Å²) >= 11 is 0. The van der Waals surface area contributed by atoms with E-state index in [2.05, 4.69) is 6.92 Å². The maximum absolute atomic E-state index is 12.7. The molecule has 2 aromatic rings. The first kappa shape index (κ1) is 19.2. The molecular formula is C22H19N3O3. The van der Waals surface area contributed by atoms with E-state index in [1.807, 2.05) is 36.4 Å². The molecule has 0 radical (unpaired) electrons. The van der Waals surface area contributed by atoms with Crippen molar-refractivity contribution in [3.63, 3.8) is 0 Å². The minimum atomic E-state index is -0.261. The summed E-state index contributed by atoms with van der Waals surface area (Å²) < 4.78 is 5.81. The van der Waals surface area contributed by atoms with Crippen LogP contribution in [0.4, 0.5) is 0 Å². The molecule has 6 heteroatoms. The van der Waals surface area contributed by atoms with Crippen LogP contribution in [-0.2, 0) is 13.0 Å². The number of carbonyl (C=O) groups excluding carboxylic acids is 1. The van der Waals surface area contributed by atoms with Gasteiger partial charge in [0.1, 0.15) is 11.5 Å². The second-order valence-electron chi connectivity index (χ2n) is 6.44. The number of phenols is 1. The predicted octanol–water partition coefficient (Wildman–Crippen LogP) is 3.42. The molecule has 0 aliphatic carbocycles. The largest absolute Gasteiger partial charge is 0.507 e. The number of fused-ring (bicyclic) bond motifs is 1. The molecule has 140 valence electrons. The third-order valence-electron chi connectivity index (χ3n) is 4.57. The number of carbonyl (C=O) groups is 1. The molecule has 6 nitrogen and oxygen atoms in total. The average Bonchev–Trinajstić information content (AvgIpc) is 3.01. The fourth-order valence-corrected chi connectivity index (χ4v) is 3.04. The topological polar surface area (TPSA) is 97.3 Å². The van der Waals surface area contributed by atoms with Gasteiger partial charge in [0.15, 0.2) is 5.76 Å². The van der Waals surface area contributed by atoms with E-state index < -0.39 is 0 Å². The molecule has 0 unspecified atom stereocenters. The number of benzene rings is 2. The fourth-order valence-electron chi connectivity index (χ4n) is 3.04. The lowest BCUT2D eigenvalue weighted by atomic mass is 10.0. The molecule has 0 atom stereocenters. The van der Waals surface area contributed by atoms with Gasteiger partial charge in [0.25, 0.3) is 0 Å². The van der Waals surface area contributed by atoms with Gasteiger partial charge in [0, 0.05) is 6.54 Å². The van der Waals surface area contributed by atoms with Gasteiger partial charge in [-0.1, -0.05) is 31.2 Å². The Morgan fingerprint density at radius 1 is 1.11 bits per heavy atom. The van der Waals surface area contributed by atoms with Gasteiger partial charge in [0.05, 0.1) is 36.4 Å². The van der Waals surface area contributed by atoms with Crippen LogP contribution >= 0.6 is 0 Å². The number of ketones is 1. The first-order valence-corrected chi connectivity index (χ1v) is 8.91. The molecule has 0 spiro atoms. The quantitative estimate of drug-likeness (QED) is 0.615. The number of allylic oxidation sites excluding steroid dienone is 1. The van der Waals surface area contributed by atoms with E-state index in [1.165, 1.54) is 17.7 Å². The molecular weight excluding hydrogens is 354 g/mol. The lowest BCUT2D eigenvalue weighted by Gasteiger charge is -2.17. The van der Waals surface area contributed by atoms with Crippen LogP contribution in [0, 0.1) is 22.7 Å². The normalized spacial score (nSPS) is 13.9. The highest BCUT2D eigenvalue weighted by Gasteiger charge is 2.31. The molecule has 0 bridgehead atoms. The van der Waals surface area contributed by atoms with Crippen LogP contribution in [0.2, 0.25) is 0 Å². The second-order valence-corrected chi connectivity index (χ2v) is 6.44. The van der Waals surface area contributed by atoms with Gasteiger partial charge in [-0.15, -0.1) is 0 Å². The van der Waals surface area contributed by atoms with E-state index in [4.69, 9.17) is 15.3 Å². The maximum Gasteiger partial charge on any atom is 0.231 e. The number of Topliss-reactive ketones (excluding diaryl/α,β-unsaturated/α-hetero) is 1. The lowest BCUT2D eigenvalue weighted by Crippen LogP contribution is -2.24. The van der Waals surface area contributed by atoms with Gasteiger partial charge >= 0.3 is 0 Å². The summed E-state index contributed by atoms with van der Waals surface area (Å²) in [7, 11) is 0. The molecule has 0 saturated carbocycles. The highest BCUT2D eigenvalue weighted by molar-refractivity contribution is 6.15. The first-order valence-electron chi connectivity index (χ1n) is 8.91. The summed E-state index contributed by atoms with van der Waals surface area (Å²) in [5.41, 5.74) is 2.79. The van der Waals surface area contributed by atoms with Crippen LogP contribution < -0.4 is 4.74 Å².